The van der Waals surface area contributed by atoms with Gasteiger partial charge < -0.3 is 16.0 Å². The van der Waals surface area contributed by atoms with E-state index >= 15 is 0 Å². The molecule has 0 aromatic heterocycles. The zero-order chi connectivity index (χ0) is 15.8. The molecule has 0 bridgehead atoms. The highest BCUT2D eigenvalue weighted by molar-refractivity contribution is 14.0. The Hall–Kier alpha value is -0.820. The maximum atomic E-state index is 5.98. The Balaban J connectivity index is 0.00000264. The van der Waals surface area contributed by atoms with Gasteiger partial charge in [-0.1, -0.05) is 32.4 Å². The Morgan fingerprint density at radius 3 is 2.48 bits per heavy atom. The Morgan fingerprint density at radius 1 is 1.22 bits per heavy atom. The van der Waals surface area contributed by atoms with Crippen molar-refractivity contribution < 1.29 is 0 Å². The van der Waals surface area contributed by atoms with Crippen molar-refractivity contribution in [2.24, 2.45) is 16.6 Å². The maximum absolute atomic E-state index is 5.98. The fourth-order valence-electron chi connectivity index (χ4n) is 2.91. The SMILES string of the molecule is CCc1ccc(NC(N)=NCC(C)CN2CCCCC2)cc1.I. The molecule has 1 aliphatic rings. The van der Waals surface area contributed by atoms with Gasteiger partial charge in [0, 0.05) is 18.8 Å². The molecule has 1 aromatic rings. The van der Waals surface area contributed by atoms with Gasteiger partial charge in [-0.25, -0.2) is 0 Å². The Kier molecular flexibility index (Phi) is 9.55. The first-order valence-electron chi connectivity index (χ1n) is 8.55. The molecule has 1 heterocycles. The van der Waals surface area contributed by atoms with Gasteiger partial charge in [0.25, 0.3) is 0 Å². The summed E-state index contributed by atoms with van der Waals surface area (Å²) in [6, 6.07) is 8.35. The second-order valence-electron chi connectivity index (χ2n) is 6.37. The van der Waals surface area contributed by atoms with E-state index in [2.05, 4.69) is 53.3 Å². The quantitative estimate of drug-likeness (QED) is 0.411. The number of aryl methyl sites for hydroxylation is 1. The van der Waals surface area contributed by atoms with Gasteiger partial charge in [-0.05, 0) is 56.0 Å². The Bertz CT molecular complexity index is 466. The van der Waals surface area contributed by atoms with Gasteiger partial charge in [0.2, 0.25) is 0 Å². The second kappa shape index (κ2) is 10.9. The summed E-state index contributed by atoms with van der Waals surface area (Å²) in [5.74, 6) is 1.05. The van der Waals surface area contributed by atoms with E-state index in [1.807, 2.05) is 0 Å². The van der Waals surface area contributed by atoms with Crippen LogP contribution in [0.1, 0.15) is 38.7 Å². The molecule has 1 aliphatic heterocycles. The predicted octanol–water partition coefficient (Wildman–Crippen LogP) is 3.72. The molecule has 0 radical (unpaired) electrons. The van der Waals surface area contributed by atoms with E-state index in [9.17, 15) is 0 Å². The Labute approximate surface area is 157 Å². The number of rotatable bonds is 6. The fraction of sp³-hybridized carbons (Fsp3) is 0.611. The second-order valence-corrected chi connectivity index (χ2v) is 6.37. The van der Waals surface area contributed by atoms with Crippen molar-refractivity contribution in [3.05, 3.63) is 29.8 Å². The standard InChI is InChI=1S/C18H30N4.HI/c1-3-16-7-9-17(10-8-16)21-18(19)20-13-15(2)14-22-11-5-4-6-12-22;/h7-10,15H,3-6,11-14H2,1-2H3,(H3,19,20,21);1H. The van der Waals surface area contributed by atoms with Gasteiger partial charge in [-0.15, -0.1) is 24.0 Å². The van der Waals surface area contributed by atoms with E-state index in [4.69, 9.17) is 5.73 Å². The molecule has 0 amide bonds. The first kappa shape index (κ1) is 20.2. The molecule has 2 rings (SSSR count). The highest BCUT2D eigenvalue weighted by Crippen LogP contribution is 2.12. The number of hydrogen-bond donors (Lipinski definition) is 2. The molecule has 1 unspecified atom stereocenters. The predicted molar refractivity (Wildman–Crippen MR) is 111 cm³/mol. The summed E-state index contributed by atoms with van der Waals surface area (Å²) in [5, 5.41) is 3.17. The third kappa shape index (κ3) is 7.52. The van der Waals surface area contributed by atoms with Crippen LogP contribution in [0.15, 0.2) is 29.3 Å². The van der Waals surface area contributed by atoms with Crippen LogP contribution >= 0.6 is 24.0 Å². The van der Waals surface area contributed by atoms with Gasteiger partial charge in [0.1, 0.15) is 0 Å². The number of nitrogens with two attached hydrogens (primary N) is 1. The average molecular weight is 430 g/mol. The first-order valence-corrected chi connectivity index (χ1v) is 8.55. The molecule has 3 N–H and O–H groups in total. The largest absolute Gasteiger partial charge is 0.370 e. The minimum Gasteiger partial charge on any atom is -0.370 e. The number of guanidine groups is 1. The van der Waals surface area contributed by atoms with Crippen molar-refractivity contribution >= 4 is 35.6 Å². The highest BCUT2D eigenvalue weighted by atomic mass is 127. The normalized spacial score (nSPS) is 17.4. The molecule has 23 heavy (non-hydrogen) atoms. The van der Waals surface area contributed by atoms with E-state index in [1.165, 1.54) is 37.9 Å². The van der Waals surface area contributed by atoms with Crippen LogP contribution in [-0.4, -0.2) is 37.0 Å². The van der Waals surface area contributed by atoms with E-state index in [0.717, 1.165) is 25.2 Å². The van der Waals surface area contributed by atoms with Gasteiger partial charge in [0.15, 0.2) is 5.96 Å². The van der Waals surface area contributed by atoms with Gasteiger partial charge in [0.05, 0.1) is 0 Å². The van der Waals surface area contributed by atoms with Crippen molar-refractivity contribution in [3.63, 3.8) is 0 Å². The van der Waals surface area contributed by atoms with Crippen LogP contribution < -0.4 is 11.1 Å². The van der Waals surface area contributed by atoms with Crippen LogP contribution in [0.2, 0.25) is 0 Å². The number of nitrogens with one attached hydrogen (secondary N) is 1. The Morgan fingerprint density at radius 2 is 1.87 bits per heavy atom. The van der Waals surface area contributed by atoms with Crippen LogP contribution in [0.25, 0.3) is 0 Å². The first-order chi connectivity index (χ1) is 10.7. The number of halogens is 1. The number of likely N-dealkylation sites (tertiary alicyclic amines) is 1. The van der Waals surface area contributed by atoms with Crippen molar-refractivity contribution in [2.75, 3.05) is 31.5 Å². The van der Waals surface area contributed by atoms with Crippen LogP contribution in [0.4, 0.5) is 5.69 Å². The minimum absolute atomic E-state index is 0. The molecular formula is C18H31IN4. The fourth-order valence-corrected chi connectivity index (χ4v) is 2.91. The van der Waals surface area contributed by atoms with Gasteiger partial charge >= 0.3 is 0 Å². The molecular weight excluding hydrogens is 399 g/mol. The van der Waals surface area contributed by atoms with Crippen LogP contribution in [0.3, 0.4) is 0 Å². The molecule has 1 atom stereocenters. The lowest BCUT2D eigenvalue weighted by Crippen LogP contribution is -2.34. The molecule has 1 saturated heterocycles. The molecule has 0 aliphatic carbocycles. The lowest BCUT2D eigenvalue weighted by molar-refractivity contribution is 0.203. The van der Waals surface area contributed by atoms with Crippen LogP contribution in [0.5, 0.6) is 0 Å². The summed E-state index contributed by atoms with van der Waals surface area (Å²) in [6.45, 7) is 8.80. The van der Waals surface area contributed by atoms with E-state index in [-0.39, 0.29) is 24.0 Å². The third-order valence-electron chi connectivity index (χ3n) is 4.23. The summed E-state index contributed by atoms with van der Waals surface area (Å²) < 4.78 is 0. The number of benzene rings is 1. The van der Waals surface area contributed by atoms with Crippen molar-refractivity contribution in [3.8, 4) is 0 Å². The third-order valence-corrected chi connectivity index (χ3v) is 4.23. The molecule has 0 saturated carbocycles. The van der Waals surface area contributed by atoms with Crippen molar-refractivity contribution in [1.82, 2.24) is 4.90 Å². The molecule has 130 valence electrons. The van der Waals surface area contributed by atoms with E-state index < -0.39 is 0 Å². The number of aliphatic imine (C=N–C) groups is 1. The summed E-state index contributed by atoms with van der Waals surface area (Å²) in [7, 11) is 0. The monoisotopic (exact) mass is 430 g/mol. The van der Waals surface area contributed by atoms with E-state index in [1.54, 1.807) is 0 Å². The van der Waals surface area contributed by atoms with Crippen LogP contribution in [-0.2, 0) is 6.42 Å². The smallest absolute Gasteiger partial charge is 0.193 e. The van der Waals surface area contributed by atoms with Gasteiger partial charge in [-0.3, -0.25) is 4.99 Å². The lowest BCUT2D eigenvalue weighted by Gasteiger charge is -2.28. The van der Waals surface area contributed by atoms with E-state index in [0.29, 0.717) is 11.9 Å². The van der Waals surface area contributed by atoms with Crippen molar-refractivity contribution in [1.29, 1.82) is 0 Å². The molecule has 1 aromatic carbocycles. The van der Waals surface area contributed by atoms with Gasteiger partial charge in [-0.2, -0.15) is 0 Å². The number of hydrogen-bond acceptors (Lipinski definition) is 2. The number of piperidine rings is 1. The summed E-state index contributed by atoms with van der Waals surface area (Å²) in [5.41, 5.74) is 8.31. The number of nitrogens with zero attached hydrogens (tertiary/aromatic N) is 2. The van der Waals surface area contributed by atoms with Crippen molar-refractivity contribution in [2.45, 2.75) is 39.5 Å². The lowest BCUT2D eigenvalue weighted by atomic mass is 10.1. The minimum atomic E-state index is 0. The number of anilines is 1. The average Bonchev–Trinajstić information content (AvgIpc) is 2.55. The molecule has 5 heteroatoms. The highest BCUT2D eigenvalue weighted by Gasteiger charge is 2.13. The molecule has 4 nitrogen and oxygen atoms in total. The zero-order valence-corrected chi connectivity index (χ0v) is 16.8. The molecule has 1 fully saturated rings. The summed E-state index contributed by atoms with van der Waals surface area (Å²) in [4.78, 5) is 7.04. The maximum Gasteiger partial charge on any atom is 0.193 e. The topological polar surface area (TPSA) is 53.6 Å². The zero-order valence-electron chi connectivity index (χ0n) is 14.4. The summed E-state index contributed by atoms with van der Waals surface area (Å²) >= 11 is 0. The summed E-state index contributed by atoms with van der Waals surface area (Å²) in [6.07, 6.45) is 5.12. The van der Waals surface area contributed by atoms with Crippen LogP contribution in [0, 0.1) is 5.92 Å². The molecule has 0 spiro atoms.